The van der Waals surface area contributed by atoms with E-state index < -0.39 is 21.9 Å². The van der Waals surface area contributed by atoms with Gasteiger partial charge in [0.15, 0.2) is 0 Å². The summed E-state index contributed by atoms with van der Waals surface area (Å²) in [7, 11) is -0.594. The van der Waals surface area contributed by atoms with Gasteiger partial charge in [-0.05, 0) is 58.2 Å². The molecule has 0 saturated carbocycles. The summed E-state index contributed by atoms with van der Waals surface area (Å²) in [4.78, 5) is 26.8. The number of carbonyl (C=O) groups excluding carboxylic acids is 2. The van der Waals surface area contributed by atoms with Crippen molar-refractivity contribution in [1.29, 1.82) is 0 Å². The first-order valence-corrected chi connectivity index (χ1v) is 11.4. The number of rotatable bonds is 2. The lowest BCUT2D eigenvalue weighted by Crippen LogP contribution is -2.45. The van der Waals surface area contributed by atoms with Gasteiger partial charge in [-0.2, -0.15) is 8.42 Å². The Bertz CT molecular complexity index is 970. The van der Waals surface area contributed by atoms with Crippen molar-refractivity contribution in [2.75, 3.05) is 41.1 Å². The van der Waals surface area contributed by atoms with Gasteiger partial charge in [-0.3, -0.25) is 13.4 Å². The first-order chi connectivity index (χ1) is 13.8. The number of anilines is 3. The Morgan fingerprint density at radius 1 is 1.13 bits per heavy atom. The van der Waals surface area contributed by atoms with Gasteiger partial charge in [0.05, 0.1) is 17.3 Å². The molecular formula is C20H30N4O5S. The third-order valence-electron chi connectivity index (χ3n) is 5.39. The van der Waals surface area contributed by atoms with E-state index in [1.165, 1.54) is 22.7 Å². The van der Waals surface area contributed by atoms with Gasteiger partial charge in [0, 0.05) is 32.9 Å². The van der Waals surface area contributed by atoms with Crippen LogP contribution in [-0.2, 0) is 19.7 Å². The van der Waals surface area contributed by atoms with Crippen molar-refractivity contribution in [2.45, 2.75) is 46.1 Å². The van der Waals surface area contributed by atoms with Crippen LogP contribution >= 0.6 is 0 Å². The molecule has 1 atom stereocenters. The molecule has 30 heavy (non-hydrogen) atoms. The normalized spacial score (nSPS) is 20.7. The van der Waals surface area contributed by atoms with Crippen LogP contribution in [0, 0.1) is 12.8 Å². The van der Waals surface area contributed by atoms with Crippen LogP contribution in [0.25, 0.3) is 0 Å². The molecule has 166 valence electrons. The van der Waals surface area contributed by atoms with Crippen LogP contribution in [-0.4, -0.2) is 58.1 Å². The van der Waals surface area contributed by atoms with Crippen molar-refractivity contribution in [3.05, 3.63) is 17.7 Å². The zero-order valence-corrected chi connectivity index (χ0v) is 19.2. The largest absolute Gasteiger partial charge is 0.444 e. The number of benzene rings is 1. The molecule has 3 rings (SSSR count). The molecule has 1 fully saturated rings. The highest BCUT2D eigenvalue weighted by atomic mass is 32.2. The van der Waals surface area contributed by atoms with Crippen LogP contribution in [0.3, 0.4) is 0 Å². The third kappa shape index (κ3) is 4.19. The average molecular weight is 439 g/mol. The van der Waals surface area contributed by atoms with Crippen LogP contribution < -0.4 is 13.9 Å². The Kier molecular flexibility index (Phi) is 5.66. The van der Waals surface area contributed by atoms with Crippen LogP contribution in [0.5, 0.6) is 0 Å². The quantitative estimate of drug-likeness (QED) is 0.765. The summed E-state index contributed by atoms with van der Waals surface area (Å²) < 4.78 is 32.6. The number of hydrogen-bond donors (Lipinski definition) is 1. The Labute approximate surface area is 178 Å². The van der Waals surface area contributed by atoms with Gasteiger partial charge in [0.25, 0.3) is 0 Å². The van der Waals surface area contributed by atoms with E-state index >= 15 is 0 Å². The summed E-state index contributed by atoms with van der Waals surface area (Å²) in [5.41, 5.74) is 1.82. The number of carbonyl (C=O) groups is 2. The number of piperidine rings is 1. The zero-order chi connectivity index (χ0) is 22.4. The predicted octanol–water partition coefficient (Wildman–Crippen LogP) is 2.71. The smallest absolute Gasteiger partial charge is 0.410 e. The Morgan fingerprint density at radius 3 is 2.33 bits per heavy atom. The second-order valence-corrected chi connectivity index (χ2v) is 10.8. The molecule has 0 bridgehead atoms. The first-order valence-electron chi connectivity index (χ1n) is 9.97. The number of aryl methyl sites for hydroxylation is 1. The summed E-state index contributed by atoms with van der Waals surface area (Å²) in [6.07, 6.45) is 0.974. The minimum atomic E-state index is -3.58. The molecule has 0 radical (unpaired) electrons. The molecular weight excluding hydrogens is 408 g/mol. The van der Waals surface area contributed by atoms with Crippen molar-refractivity contribution < 1.29 is 22.7 Å². The Balaban J connectivity index is 1.74. The molecule has 0 spiro atoms. The fourth-order valence-corrected chi connectivity index (χ4v) is 4.83. The molecule has 0 aromatic heterocycles. The minimum absolute atomic E-state index is 0.192. The van der Waals surface area contributed by atoms with Gasteiger partial charge in [-0.25, -0.2) is 4.79 Å². The van der Waals surface area contributed by atoms with Crippen LogP contribution in [0.15, 0.2) is 12.1 Å². The molecule has 1 N–H and O–H groups in total. The third-order valence-corrected chi connectivity index (χ3v) is 7.17. The number of fused-ring (bicyclic) bond motifs is 1. The van der Waals surface area contributed by atoms with Crippen LogP contribution in [0.4, 0.5) is 21.9 Å². The SMILES string of the molecule is Cc1cc2c(cc1NC(=O)[C@@H]1CCCN(C(=O)OC(C)(C)C)C1)N(C)S(=O)(=O)N2C. The van der Waals surface area contributed by atoms with Gasteiger partial charge in [0.2, 0.25) is 5.91 Å². The number of nitrogens with zero attached hydrogens (tertiary/aromatic N) is 3. The number of ether oxygens (including phenoxy) is 1. The molecule has 2 aliphatic rings. The minimum Gasteiger partial charge on any atom is -0.444 e. The fourth-order valence-electron chi connectivity index (χ4n) is 3.67. The highest BCUT2D eigenvalue weighted by Gasteiger charge is 2.36. The van der Waals surface area contributed by atoms with Gasteiger partial charge in [0.1, 0.15) is 5.60 Å². The van der Waals surface area contributed by atoms with Gasteiger partial charge >= 0.3 is 16.3 Å². The maximum absolute atomic E-state index is 12.9. The molecule has 0 unspecified atom stereocenters. The molecule has 1 aromatic carbocycles. The lowest BCUT2D eigenvalue weighted by Gasteiger charge is -2.33. The highest BCUT2D eigenvalue weighted by molar-refractivity contribution is 7.94. The van der Waals surface area contributed by atoms with E-state index in [1.807, 2.05) is 27.7 Å². The second-order valence-electron chi connectivity index (χ2n) is 8.85. The van der Waals surface area contributed by atoms with E-state index in [2.05, 4.69) is 5.32 Å². The number of likely N-dealkylation sites (tertiary alicyclic amines) is 1. The van der Waals surface area contributed by atoms with E-state index in [4.69, 9.17) is 4.74 Å². The Hall–Kier alpha value is -2.49. The molecule has 0 aliphatic carbocycles. The first kappa shape index (κ1) is 22.2. The molecule has 1 aromatic rings. The van der Waals surface area contributed by atoms with E-state index in [-0.39, 0.29) is 11.8 Å². The summed E-state index contributed by atoms with van der Waals surface area (Å²) in [5.74, 6) is -0.550. The van der Waals surface area contributed by atoms with Crippen molar-refractivity contribution >= 4 is 39.3 Å². The molecule has 2 amide bonds. The molecule has 1 saturated heterocycles. The predicted molar refractivity (Wildman–Crippen MR) is 116 cm³/mol. The topological polar surface area (TPSA) is 99.3 Å². The number of nitrogens with one attached hydrogen (secondary N) is 1. The standard InChI is InChI=1S/C20H30N4O5S/c1-13-10-16-17(23(6)30(27,28)22(16)5)11-15(13)21-18(25)14-8-7-9-24(12-14)19(26)29-20(2,3)4/h10-11,14H,7-9,12H2,1-6H3,(H,21,25)/t14-/m1/s1. The van der Waals surface area contributed by atoms with E-state index in [0.29, 0.717) is 43.0 Å². The van der Waals surface area contributed by atoms with Gasteiger partial charge in [-0.15, -0.1) is 0 Å². The zero-order valence-electron chi connectivity index (χ0n) is 18.4. The molecule has 2 heterocycles. The van der Waals surface area contributed by atoms with E-state index in [9.17, 15) is 18.0 Å². The summed E-state index contributed by atoms with van der Waals surface area (Å²) in [5, 5.41) is 2.92. The van der Waals surface area contributed by atoms with Crippen molar-refractivity contribution in [3.63, 3.8) is 0 Å². The Morgan fingerprint density at radius 2 is 1.73 bits per heavy atom. The van der Waals surface area contributed by atoms with Crippen molar-refractivity contribution in [1.82, 2.24) is 4.90 Å². The van der Waals surface area contributed by atoms with Crippen LogP contribution in [0.1, 0.15) is 39.2 Å². The van der Waals surface area contributed by atoms with E-state index in [1.54, 1.807) is 17.0 Å². The number of hydrogen-bond acceptors (Lipinski definition) is 5. The molecule has 9 nitrogen and oxygen atoms in total. The monoisotopic (exact) mass is 438 g/mol. The second kappa shape index (κ2) is 7.64. The fraction of sp³-hybridized carbons (Fsp3) is 0.600. The average Bonchev–Trinajstić information content (AvgIpc) is 2.81. The maximum atomic E-state index is 12.9. The summed E-state index contributed by atoms with van der Waals surface area (Å²) in [6, 6.07) is 3.43. The van der Waals surface area contributed by atoms with Gasteiger partial charge < -0.3 is 15.0 Å². The molecule has 10 heteroatoms. The summed E-state index contributed by atoms with van der Waals surface area (Å²) in [6.45, 7) is 8.11. The van der Waals surface area contributed by atoms with Crippen molar-refractivity contribution in [3.8, 4) is 0 Å². The van der Waals surface area contributed by atoms with E-state index in [0.717, 1.165) is 5.56 Å². The lowest BCUT2D eigenvalue weighted by atomic mass is 9.97. The lowest BCUT2D eigenvalue weighted by molar-refractivity contribution is -0.121. The highest BCUT2D eigenvalue weighted by Crippen LogP contribution is 2.42. The van der Waals surface area contributed by atoms with Gasteiger partial charge in [-0.1, -0.05) is 0 Å². The molecule has 2 aliphatic heterocycles. The van der Waals surface area contributed by atoms with Crippen molar-refractivity contribution in [2.24, 2.45) is 5.92 Å². The number of amides is 2. The summed E-state index contributed by atoms with van der Waals surface area (Å²) >= 11 is 0. The van der Waals surface area contributed by atoms with Crippen LogP contribution in [0.2, 0.25) is 0 Å². The maximum Gasteiger partial charge on any atom is 0.410 e.